The number of hydrogen-bond donors (Lipinski definition) is 2. The second-order valence-electron chi connectivity index (χ2n) is 5.72. The number of carbonyl (C=O) groups excluding carboxylic acids is 1. The normalized spacial score (nSPS) is 17.1. The van der Waals surface area contributed by atoms with E-state index in [0.717, 1.165) is 10.9 Å². The zero-order chi connectivity index (χ0) is 16.6. The Morgan fingerprint density at radius 3 is 2.65 bits per heavy atom. The number of amides is 1. The van der Waals surface area contributed by atoms with Gasteiger partial charge in [-0.3, -0.25) is 4.79 Å². The predicted octanol–water partition coefficient (Wildman–Crippen LogP) is 2.20. The van der Waals surface area contributed by atoms with Gasteiger partial charge in [-0.2, -0.15) is 0 Å². The number of aliphatic carboxylic acids is 1. The second-order valence-corrected chi connectivity index (χ2v) is 6.13. The third-order valence-corrected chi connectivity index (χ3v) is 4.65. The van der Waals surface area contributed by atoms with Crippen molar-refractivity contribution in [2.45, 2.75) is 18.4 Å². The summed E-state index contributed by atoms with van der Waals surface area (Å²) in [7, 11) is 1.74. The number of carbonyl (C=O) groups is 2. The summed E-state index contributed by atoms with van der Waals surface area (Å²) in [5.41, 5.74) is -0.161. The van der Waals surface area contributed by atoms with E-state index in [1.165, 1.54) is 0 Å². The molecule has 0 unspecified atom stereocenters. The predicted molar refractivity (Wildman–Crippen MR) is 85.8 cm³/mol. The van der Waals surface area contributed by atoms with E-state index in [1.54, 1.807) is 23.7 Å². The van der Waals surface area contributed by atoms with Gasteiger partial charge in [-0.25, -0.2) is 4.79 Å². The van der Waals surface area contributed by atoms with Crippen LogP contribution in [0.25, 0.3) is 10.9 Å². The molecule has 1 fully saturated rings. The van der Waals surface area contributed by atoms with Gasteiger partial charge in [-0.1, -0.05) is 23.7 Å². The molecule has 0 aliphatic carbocycles. The first-order valence-corrected chi connectivity index (χ1v) is 7.70. The molecular formula is C16H17ClN2O4. The van der Waals surface area contributed by atoms with Crippen LogP contribution in [0.2, 0.25) is 5.02 Å². The van der Waals surface area contributed by atoms with Crippen LogP contribution in [0.4, 0.5) is 0 Å². The lowest BCUT2D eigenvalue weighted by atomic mass is 9.90. The molecule has 3 rings (SSSR count). The molecule has 2 N–H and O–H groups in total. The van der Waals surface area contributed by atoms with Crippen molar-refractivity contribution in [1.29, 1.82) is 0 Å². The van der Waals surface area contributed by atoms with Crippen LogP contribution < -0.4 is 5.32 Å². The number of aromatic nitrogens is 1. The topological polar surface area (TPSA) is 80.6 Å². The van der Waals surface area contributed by atoms with Gasteiger partial charge in [0.25, 0.3) is 5.91 Å². The molecule has 7 heteroatoms. The molecule has 0 bridgehead atoms. The first-order valence-electron chi connectivity index (χ1n) is 7.32. The van der Waals surface area contributed by atoms with Gasteiger partial charge in [0.2, 0.25) is 0 Å². The van der Waals surface area contributed by atoms with Crippen molar-refractivity contribution in [3.05, 3.63) is 35.0 Å². The molecule has 0 saturated carbocycles. The van der Waals surface area contributed by atoms with Crippen molar-refractivity contribution in [3.63, 3.8) is 0 Å². The van der Waals surface area contributed by atoms with E-state index in [4.69, 9.17) is 16.3 Å². The fraction of sp³-hybridized carbons (Fsp3) is 0.375. The van der Waals surface area contributed by atoms with Gasteiger partial charge in [0.15, 0.2) is 0 Å². The van der Waals surface area contributed by atoms with Crippen LogP contribution in [0, 0.1) is 0 Å². The Labute approximate surface area is 138 Å². The van der Waals surface area contributed by atoms with Gasteiger partial charge in [0.05, 0.1) is 10.5 Å². The minimum absolute atomic E-state index is 0.249. The number of para-hydroxylation sites is 1. The highest BCUT2D eigenvalue weighted by atomic mass is 35.5. The van der Waals surface area contributed by atoms with Gasteiger partial charge in [0, 0.05) is 38.5 Å². The highest BCUT2D eigenvalue weighted by molar-refractivity contribution is 6.35. The van der Waals surface area contributed by atoms with Gasteiger partial charge < -0.3 is 19.7 Å². The Kier molecular flexibility index (Phi) is 4.04. The number of nitrogens with one attached hydrogen (secondary N) is 1. The molecule has 2 aromatic rings. The molecule has 1 aliphatic rings. The minimum atomic E-state index is -1.28. The van der Waals surface area contributed by atoms with Crippen LogP contribution in [0.5, 0.6) is 0 Å². The summed E-state index contributed by atoms with van der Waals surface area (Å²) in [6.45, 7) is 0.626. The van der Waals surface area contributed by atoms with Gasteiger partial charge in [0.1, 0.15) is 11.2 Å². The molecule has 1 saturated heterocycles. The Morgan fingerprint density at radius 1 is 1.35 bits per heavy atom. The smallest absolute Gasteiger partial charge is 0.329 e. The molecule has 1 aliphatic heterocycles. The summed E-state index contributed by atoms with van der Waals surface area (Å²) in [4.78, 5) is 24.3. The maximum atomic E-state index is 12.6. The summed E-state index contributed by atoms with van der Waals surface area (Å²) in [6.07, 6.45) is 0.498. The zero-order valence-electron chi connectivity index (χ0n) is 12.6. The molecule has 6 nitrogen and oxygen atoms in total. The molecule has 122 valence electrons. The lowest BCUT2D eigenvalue weighted by Gasteiger charge is -2.33. The molecule has 23 heavy (non-hydrogen) atoms. The summed E-state index contributed by atoms with van der Waals surface area (Å²) >= 11 is 6.19. The molecular weight excluding hydrogens is 320 g/mol. The largest absolute Gasteiger partial charge is 0.480 e. The highest BCUT2D eigenvalue weighted by Gasteiger charge is 2.42. The van der Waals surface area contributed by atoms with Gasteiger partial charge in [-0.15, -0.1) is 0 Å². The van der Waals surface area contributed by atoms with Crippen molar-refractivity contribution in [2.24, 2.45) is 7.05 Å². The van der Waals surface area contributed by atoms with E-state index in [0.29, 0.717) is 23.9 Å². The second kappa shape index (κ2) is 5.86. The lowest BCUT2D eigenvalue weighted by Crippen LogP contribution is -2.57. The SMILES string of the molecule is Cn1c(C(=O)NC2(C(=O)O)CCOCC2)cc2cccc(Cl)c21. The molecule has 1 aromatic carbocycles. The van der Waals surface area contributed by atoms with E-state index in [9.17, 15) is 14.7 Å². The van der Waals surface area contributed by atoms with Crippen molar-refractivity contribution in [1.82, 2.24) is 9.88 Å². The number of rotatable bonds is 3. The van der Waals surface area contributed by atoms with Gasteiger partial charge in [-0.05, 0) is 12.1 Å². The number of benzene rings is 1. The first-order chi connectivity index (χ1) is 10.9. The van der Waals surface area contributed by atoms with Crippen molar-refractivity contribution >= 4 is 34.4 Å². The molecule has 2 heterocycles. The molecule has 1 amide bonds. The maximum absolute atomic E-state index is 12.6. The number of hydrogen-bond acceptors (Lipinski definition) is 3. The number of carboxylic acid groups (broad SMARTS) is 1. The number of aryl methyl sites for hydroxylation is 1. The summed E-state index contributed by atoms with van der Waals surface area (Å²) in [5.74, 6) is -1.46. The standard InChI is InChI=1S/C16H17ClN2O4/c1-19-12(9-10-3-2-4-11(17)13(10)19)14(20)18-16(15(21)22)5-7-23-8-6-16/h2-4,9H,5-8H2,1H3,(H,18,20)(H,21,22). The first kappa shape index (κ1) is 15.8. The van der Waals surface area contributed by atoms with Crippen molar-refractivity contribution < 1.29 is 19.4 Å². The Balaban J connectivity index is 1.96. The highest BCUT2D eigenvalue weighted by Crippen LogP contribution is 2.27. The summed E-state index contributed by atoms with van der Waals surface area (Å²) in [5, 5.41) is 13.6. The fourth-order valence-electron chi connectivity index (χ4n) is 2.98. The van der Waals surface area contributed by atoms with E-state index >= 15 is 0 Å². The quantitative estimate of drug-likeness (QED) is 0.900. The van der Waals surface area contributed by atoms with Crippen LogP contribution in [0.1, 0.15) is 23.3 Å². The maximum Gasteiger partial charge on any atom is 0.329 e. The average Bonchev–Trinajstić information content (AvgIpc) is 2.86. The molecule has 0 atom stereocenters. The van der Waals surface area contributed by atoms with E-state index in [1.807, 2.05) is 12.1 Å². The third-order valence-electron chi connectivity index (χ3n) is 4.35. The molecule has 0 radical (unpaired) electrons. The number of halogens is 1. The third kappa shape index (κ3) is 2.68. The Hall–Kier alpha value is -2.05. The minimum Gasteiger partial charge on any atom is -0.480 e. The zero-order valence-corrected chi connectivity index (χ0v) is 13.4. The Morgan fingerprint density at radius 2 is 2.04 bits per heavy atom. The summed E-state index contributed by atoms with van der Waals surface area (Å²) < 4.78 is 6.89. The number of nitrogens with zero attached hydrogens (tertiary/aromatic N) is 1. The van der Waals surface area contributed by atoms with Crippen LogP contribution in [0.3, 0.4) is 0 Å². The van der Waals surface area contributed by atoms with Crippen molar-refractivity contribution in [2.75, 3.05) is 13.2 Å². The number of carboxylic acids is 1. The van der Waals surface area contributed by atoms with Crippen LogP contribution in [-0.4, -0.2) is 40.3 Å². The van der Waals surface area contributed by atoms with Crippen LogP contribution >= 0.6 is 11.6 Å². The van der Waals surface area contributed by atoms with Crippen LogP contribution in [0.15, 0.2) is 24.3 Å². The Bertz CT molecular complexity index is 778. The fourth-order valence-corrected chi connectivity index (χ4v) is 3.29. The van der Waals surface area contributed by atoms with Gasteiger partial charge >= 0.3 is 5.97 Å². The van der Waals surface area contributed by atoms with E-state index in [-0.39, 0.29) is 12.8 Å². The van der Waals surface area contributed by atoms with E-state index in [2.05, 4.69) is 5.32 Å². The number of ether oxygens (including phenoxy) is 1. The van der Waals surface area contributed by atoms with Crippen LogP contribution in [-0.2, 0) is 16.6 Å². The summed E-state index contributed by atoms with van der Waals surface area (Å²) in [6, 6.07) is 7.14. The van der Waals surface area contributed by atoms with Crippen molar-refractivity contribution in [3.8, 4) is 0 Å². The molecule has 0 spiro atoms. The monoisotopic (exact) mass is 336 g/mol. The lowest BCUT2D eigenvalue weighted by molar-refractivity contribution is -0.148. The number of fused-ring (bicyclic) bond motifs is 1. The average molecular weight is 337 g/mol. The van der Waals surface area contributed by atoms with E-state index < -0.39 is 17.4 Å². The molecule has 1 aromatic heterocycles.